The van der Waals surface area contributed by atoms with E-state index in [1.165, 1.54) is 12.0 Å². The molecule has 0 saturated carbocycles. The van der Waals surface area contributed by atoms with Gasteiger partial charge in [-0.2, -0.15) is 0 Å². The number of nitrogens with one attached hydrogen (secondary N) is 1. The molecule has 4 nitrogen and oxygen atoms in total. The predicted octanol–water partition coefficient (Wildman–Crippen LogP) is 3.66. The minimum Gasteiger partial charge on any atom is -0.444 e. The highest BCUT2D eigenvalue weighted by atomic mass is 16.3. The maximum absolute atomic E-state index is 5.30. The second kappa shape index (κ2) is 5.57. The van der Waals surface area contributed by atoms with Crippen LogP contribution in [0.1, 0.15) is 11.3 Å². The van der Waals surface area contributed by atoms with Gasteiger partial charge in [0.05, 0.1) is 18.4 Å². The zero-order valence-electron chi connectivity index (χ0n) is 11.2. The highest BCUT2D eigenvalue weighted by Crippen LogP contribution is 2.22. The standard InChI is InChI=1S/C16H15N3O/c1-12-5-6-15(18-8-12)9-19-14-4-2-3-13(7-14)16-10-17-11-20-16/h2-8,10-11,19H,9H2,1H3. The zero-order chi connectivity index (χ0) is 13.8. The molecule has 0 bridgehead atoms. The van der Waals surface area contributed by atoms with Gasteiger partial charge in [-0.15, -0.1) is 0 Å². The SMILES string of the molecule is Cc1ccc(CNc2cccc(-c3cnco3)c2)nc1. The molecule has 2 aromatic heterocycles. The molecule has 0 unspecified atom stereocenters. The molecule has 3 rings (SSSR count). The number of aryl methyl sites for hydroxylation is 1. The highest BCUT2D eigenvalue weighted by Gasteiger charge is 2.02. The van der Waals surface area contributed by atoms with Crippen molar-refractivity contribution in [3.63, 3.8) is 0 Å². The first kappa shape index (κ1) is 12.4. The lowest BCUT2D eigenvalue weighted by atomic mass is 10.1. The molecule has 1 aromatic carbocycles. The van der Waals surface area contributed by atoms with Crippen LogP contribution < -0.4 is 5.32 Å². The first-order valence-corrected chi connectivity index (χ1v) is 6.45. The van der Waals surface area contributed by atoms with Crippen LogP contribution >= 0.6 is 0 Å². The molecule has 0 saturated heterocycles. The van der Waals surface area contributed by atoms with Crippen LogP contribution in [0.2, 0.25) is 0 Å². The highest BCUT2D eigenvalue weighted by molar-refractivity contribution is 5.63. The van der Waals surface area contributed by atoms with Crippen molar-refractivity contribution in [3.05, 3.63) is 66.4 Å². The summed E-state index contributed by atoms with van der Waals surface area (Å²) in [6.07, 6.45) is 5.02. The number of nitrogens with zero attached hydrogens (tertiary/aromatic N) is 2. The lowest BCUT2D eigenvalue weighted by Crippen LogP contribution is -2.01. The molecule has 0 fully saturated rings. The van der Waals surface area contributed by atoms with Gasteiger partial charge in [-0.25, -0.2) is 4.98 Å². The minimum atomic E-state index is 0.695. The fourth-order valence-electron chi connectivity index (χ4n) is 1.94. The Hall–Kier alpha value is -2.62. The molecule has 20 heavy (non-hydrogen) atoms. The predicted molar refractivity (Wildman–Crippen MR) is 78.2 cm³/mol. The minimum absolute atomic E-state index is 0.695. The Kier molecular flexibility index (Phi) is 3.46. The summed E-state index contributed by atoms with van der Waals surface area (Å²) in [5, 5.41) is 3.36. The van der Waals surface area contributed by atoms with Gasteiger partial charge in [0, 0.05) is 17.4 Å². The van der Waals surface area contributed by atoms with Crippen LogP contribution in [0.25, 0.3) is 11.3 Å². The fourth-order valence-corrected chi connectivity index (χ4v) is 1.94. The van der Waals surface area contributed by atoms with Gasteiger partial charge in [0.25, 0.3) is 0 Å². The number of rotatable bonds is 4. The van der Waals surface area contributed by atoms with Crippen molar-refractivity contribution >= 4 is 5.69 Å². The smallest absolute Gasteiger partial charge is 0.181 e. The number of hydrogen-bond donors (Lipinski definition) is 1. The molecule has 0 aliphatic carbocycles. The summed E-state index contributed by atoms with van der Waals surface area (Å²) in [5.74, 6) is 0.766. The van der Waals surface area contributed by atoms with Gasteiger partial charge < -0.3 is 9.73 Å². The third-order valence-corrected chi connectivity index (χ3v) is 3.03. The summed E-state index contributed by atoms with van der Waals surface area (Å²) in [6.45, 7) is 2.73. The third-order valence-electron chi connectivity index (χ3n) is 3.03. The Balaban J connectivity index is 1.72. The first-order chi connectivity index (χ1) is 9.81. The van der Waals surface area contributed by atoms with E-state index >= 15 is 0 Å². The van der Waals surface area contributed by atoms with E-state index in [0.29, 0.717) is 6.54 Å². The lowest BCUT2D eigenvalue weighted by molar-refractivity contribution is 0.572. The van der Waals surface area contributed by atoms with Crippen LogP contribution in [0, 0.1) is 6.92 Å². The Morgan fingerprint density at radius 3 is 2.85 bits per heavy atom. The average molecular weight is 265 g/mol. The van der Waals surface area contributed by atoms with E-state index in [1.807, 2.05) is 43.5 Å². The number of aromatic nitrogens is 2. The van der Waals surface area contributed by atoms with E-state index in [1.54, 1.807) is 6.20 Å². The number of pyridine rings is 1. The first-order valence-electron chi connectivity index (χ1n) is 6.45. The molecule has 100 valence electrons. The van der Waals surface area contributed by atoms with E-state index < -0.39 is 0 Å². The van der Waals surface area contributed by atoms with Gasteiger partial charge in [0.2, 0.25) is 0 Å². The van der Waals surface area contributed by atoms with Crippen LogP contribution in [0.4, 0.5) is 5.69 Å². The molecule has 2 heterocycles. The van der Waals surface area contributed by atoms with Crippen LogP contribution in [-0.2, 0) is 6.54 Å². The summed E-state index contributed by atoms with van der Waals surface area (Å²) in [7, 11) is 0. The molecule has 3 aromatic rings. The Morgan fingerprint density at radius 1 is 1.15 bits per heavy atom. The summed E-state index contributed by atoms with van der Waals surface area (Å²) in [5.41, 5.74) is 4.22. The topological polar surface area (TPSA) is 51.0 Å². The van der Waals surface area contributed by atoms with Crippen molar-refractivity contribution in [1.82, 2.24) is 9.97 Å². The maximum Gasteiger partial charge on any atom is 0.181 e. The average Bonchev–Trinajstić information content (AvgIpc) is 3.01. The fraction of sp³-hybridized carbons (Fsp3) is 0.125. The van der Waals surface area contributed by atoms with Gasteiger partial charge in [-0.1, -0.05) is 18.2 Å². The molecule has 0 amide bonds. The third kappa shape index (κ3) is 2.85. The quantitative estimate of drug-likeness (QED) is 0.782. The van der Waals surface area contributed by atoms with Crippen molar-refractivity contribution in [2.45, 2.75) is 13.5 Å². The Bertz CT molecular complexity index is 675. The Morgan fingerprint density at radius 2 is 2.10 bits per heavy atom. The number of anilines is 1. The molecule has 0 spiro atoms. The van der Waals surface area contributed by atoms with Crippen molar-refractivity contribution in [2.24, 2.45) is 0 Å². The molecule has 1 N–H and O–H groups in total. The summed E-state index contributed by atoms with van der Waals surface area (Å²) in [6, 6.07) is 12.1. The van der Waals surface area contributed by atoms with Gasteiger partial charge in [-0.3, -0.25) is 4.98 Å². The van der Waals surface area contributed by atoms with Crippen molar-refractivity contribution in [1.29, 1.82) is 0 Å². The van der Waals surface area contributed by atoms with Crippen molar-refractivity contribution < 1.29 is 4.42 Å². The number of oxazole rings is 1. The van der Waals surface area contributed by atoms with E-state index in [-0.39, 0.29) is 0 Å². The Labute approximate surface area is 117 Å². The van der Waals surface area contributed by atoms with Gasteiger partial charge in [0.1, 0.15) is 0 Å². The van der Waals surface area contributed by atoms with Gasteiger partial charge in [0.15, 0.2) is 12.2 Å². The summed E-state index contributed by atoms with van der Waals surface area (Å²) in [4.78, 5) is 8.31. The van der Waals surface area contributed by atoms with Gasteiger partial charge >= 0.3 is 0 Å². The molecule has 0 atom stereocenters. The van der Waals surface area contributed by atoms with Crippen LogP contribution in [0.5, 0.6) is 0 Å². The van der Waals surface area contributed by atoms with Crippen molar-refractivity contribution in [2.75, 3.05) is 5.32 Å². The van der Waals surface area contributed by atoms with E-state index in [9.17, 15) is 0 Å². The molecule has 4 heteroatoms. The van der Waals surface area contributed by atoms with E-state index in [4.69, 9.17) is 4.42 Å². The molecular weight excluding hydrogens is 250 g/mol. The molecule has 0 aliphatic heterocycles. The molecule has 0 aliphatic rings. The maximum atomic E-state index is 5.30. The molecular formula is C16H15N3O. The second-order valence-corrected chi connectivity index (χ2v) is 4.63. The lowest BCUT2D eigenvalue weighted by Gasteiger charge is -2.07. The largest absolute Gasteiger partial charge is 0.444 e. The van der Waals surface area contributed by atoms with E-state index in [2.05, 4.69) is 21.4 Å². The summed E-state index contributed by atoms with van der Waals surface area (Å²) >= 11 is 0. The van der Waals surface area contributed by atoms with Crippen LogP contribution in [0.15, 0.2) is 59.6 Å². The van der Waals surface area contributed by atoms with Gasteiger partial charge in [-0.05, 0) is 30.7 Å². The van der Waals surface area contributed by atoms with E-state index in [0.717, 1.165) is 22.7 Å². The molecule has 0 radical (unpaired) electrons. The zero-order valence-corrected chi connectivity index (χ0v) is 11.2. The second-order valence-electron chi connectivity index (χ2n) is 4.63. The number of benzene rings is 1. The monoisotopic (exact) mass is 265 g/mol. The normalized spacial score (nSPS) is 10.4. The van der Waals surface area contributed by atoms with Crippen LogP contribution in [-0.4, -0.2) is 9.97 Å². The summed E-state index contributed by atoms with van der Waals surface area (Å²) < 4.78 is 5.30. The number of hydrogen-bond acceptors (Lipinski definition) is 4. The van der Waals surface area contributed by atoms with Crippen molar-refractivity contribution in [3.8, 4) is 11.3 Å². The van der Waals surface area contributed by atoms with Crippen LogP contribution in [0.3, 0.4) is 0 Å².